The van der Waals surface area contributed by atoms with Gasteiger partial charge in [0.1, 0.15) is 18.1 Å². The SMILES string of the molecule is Cc1cc(OCc2ccc(C(=O)N3CCN(Cc4cnn(C)c4)CC3)o2)c(C(C)C)cc1Cl. The first kappa shape index (κ1) is 23.4. The van der Waals surface area contributed by atoms with Crippen molar-refractivity contribution in [1.29, 1.82) is 0 Å². The number of aromatic nitrogens is 2. The highest BCUT2D eigenvalue weighted by Crippen LogP contribution is 2.32. The van der Waals surface area contributed by atoms with Crippen molar-refractivity contribution in [2.45, 2.75) is 39.8 Å². The lowest BCUT2D eigenvalue weighted by Crippen LogP contribution is -2.48. The van der Waals surface area contributed by atoms with Gasteiger partial charge in [-0.15, -0.1) is 0 Å². The molecule has 0 spiro atoms. The molecule has 0 bridgehead atoms. The Bertz CT molecular complexity index is 1110. The van der Waals surface area contributed by atoms with E-state index in [1.807, 2.05) is 54.1 Å². The highest BCUT2D eigenvalue weighted by atomic mass is 35.5. The van der Waals surface area contributed by atoms with Crippen molar-refractivity contribution in [2.24, 2.45) is 7.05 Å². The molecule has 1 amide bonds. The van der Waals surface area contributed by atoms with Crippen molar-refractivity contribution in [3.63, 3.8) is 0 Å². The maximum atomic E-state index is 12.9. The van der Waals surface area contributed by atoms with Gasteiger partial charge in [0.2, 0.25) is 0 Å². The minimum absolute atomic E-state index is 0.0764. The summed E-state index contributed by atoms with van der Waals surface area (Å²) in [5, 5.41) is 4.95. The number of ether oxygens (including phenoxy) is 1. The van der Waals surface area contributed by atoms with Crippen molar-refractivity contribution >= 4 is 17.5 Å². The average Bonchev–Trinajstić information content (AvgIpc) is 3.43. The number of carbonyl (C=O) groups is 1. The minimum atomic E-state index is -0.0764. The van der Waals surface area contributed by atoms with E-state index in [4.69, 9.17) is 20.8 Å². The fourth-order valence-electron chi connectivity index (χ4n) is 4.04. The van der Waals surface area contributed by atoms with Crippen LogP contribution in [0.4, 0.5) is 0 Å². The molecule has 176 valence electrons. The van der Waals surface area contributed by atoms with Gasteiger partial charge in [-0.1, -0.05) is 25.4 Å². The summed E-state index contributed by atoms with van der Waals surface area (Å²) in [6.07, 6.45) is 3.92. The Morgan fingerprint density at radius 2 is 1.97 bits per heavy atom. The molecule has 1 aliphatic rings. The first-order valence-corrected chi connectivity index (χ1v) is 11.7. The van der Waals surface area contributed by atoms with Crippen LogP contribution in [0, 0.1) is 6.92 Å². The third kappa shape index (κ3) is 5.60. The molecule has 2 aromatic heterocycles. The second-order valence-corrected chi connectivity index (χ2v) is 9.35. The van der Waals surface area contributed by atoms with Crippen LogP contribution in [-0.4, -0.2) is 51.7 Å². The van der Waals surface area contributed by atoms with Gasteiger partial charge in [0, 0.05) is 56.6 Å². The third-order valence-corrected chi connectivity index (χ3v) is 6.39. The van der Waals surface area contributed by atoms with E-state index >= 15 is 0 Å². The second-order valence-electron chi connectivity index (χ2n) is 8.94. The molecule has 4 rings (SSSR count). The molecule has 1 aromatic carbocycles. The number of furan rings is 1. The molecule has 8 heteroatoms. The van der Waals surface area contributed by atoms with Crippen molar-refractivity contribution in [2.75, 3.05) is 26.2 Å². The van der Waals surface area contributed by atoms with E-state index in [1.54, 1.807) is 6.07 Å². The van der Waals surface area contributed by atoms with Crippen molar-refractivity contribution in [3.8, 4) is 5.75 Å². The first-order chi connectivity index (χ1) is 15.8. The fourth-order valence-corrected chi connectivity index (χ4v) is 4.21. The maximum absolute atomic E-state index is 12.9. The lowest BCUT2D eigenvalue weighted by Gasteiger charge is -2.34. The smallest absolute Gasteiger partial charge is 0.289 e. The molecule has 0 radical (unpaired) electrons. The van der Waals surface area contributed by atoms with E-state index in [0.29, 0.717) is 24.6 Å². The van der Waals surface area contributed by atoms with Crippen LogP contribution in [0.3, 0.4) is 0 Å². The highest BCUT2D eigenvalue weighted by Gasteiger charge is 2.24. The highest BCUT2D eigenvalue weighted by molar-refractivity contribution is 6.31. The van der Waals surface area contributed by atoms with Gasteiger partial charge in [-0.25, -0.2) is 0 Å². The summed E-state index contributed by atoms with van der Waals surface area (Å²) in [4.78, 5) is 17.1. The monoisotopic (exact) mass is 470 g/mol. The van der Waals surface area contributed by atoms with Gasteiger partial charge in [0.25, 0.3) is 5.91 Å². The van der Waals surface area contributed by atoms with E-state index in [9.17, 15) is 4.79 Å². The number of rotatable bonds is 7. The summed E-state index contributed by atoms with van der Waals surface area (Å²) in [5.41, 5.74) is 3.20. The molecule has 0 unspecified atom stereocenters. The van der Waals surface area contributed by atoms with E-state index in [0.717, 1.165) is 41.5 Å². The first-order valence-electron chi connectivity index (χ1n) is 11.3. The van der Waals surface area contributed by atoms with Crippen LogP contribution >= 0.6 is 11.6 Å². The number of piperazine rings is 1. The predicted molar refractivity (Wildman–Crippen MR) is 128 cm³/mol. The van der Waals surface area contributed by atoms with Crippen LogP contribution in [0.25, 0.3) is 0 Å². The summed E-state index contributed by atoms with van der Waals surface area (Å²) < 4.78 is 13.7. The summed E-state index contributed by atoms with van der Waals surface area (Å²) in [6.45, 7) is 10.3. The van der Waals surface area contributed by atoms with Gasteiger partial charge in [0.05, 0.1) is 6.20 Å². The van der Waals surface area contributed by atoms with Crippen molar-refractivity contribution in [1.82, 2.24) is 19.6 Å². The van der Waals surface area contributed by atoms with Crippen LogP contribution < -0.4 is 4.74 Å². The summed E-state index contributed by atoms with van der Waals surface area (Å²) in [6, 6.07) is 7.46. The number of halogens is 1. The number of hydrogen-bond acceptors (Lipinski definition) is 5. The lowest BCUT2D eigenvalue weighted by molar-refractivity contribution is 0.0594. The maximum Gasteiger partial charge on any atom is 0.289 e. The molecule has 0 aliphatic carbocycles. The number of amides is 1. The van der Waals surface area contributed by atoms with Gasteiger partial charge in [-0.2, -0.15) is 5.10 Å². The Morgan fingerprint density at radius 3 is 2.64 bits per heavy atom. The summed E-state index contributed by atoms with van der Waals surface area (Å²) >= 11 is 6.29. The van der Waals surface area contributed by atoms with Crippen LogP contribution in [0.1, 0.15) is 52.8 Å². The van der Waals surface area contributed by atoms with Crippen LogP contribution in [-0.2, 0) is 20.2 Å². The number of nitrogens with zero attached hydrogens (tertiary/aromatic N) is 4. The van der Waals surface area contributed by atoms with E-state index in [1.165, 1.54) is 5.56 Å². The number of aryl methyl sites for hydroxylation is 2. The second kappa shape index (κ2) is 10.0. The van der Waals surface area contributed by atoms with Gasteiger partial charge in [-0.05, 0) is 48.2 Å². The summed E-state index contributed by atoms with van der Waals surface area (Å²) in [5.74, 6) is 1.97. The molecule has 3 heterocycles. The number of carbonyl (C=O) groups excluding carboxylic acids is 1. The zero-order chi connectivity index (χ0) is 23.5. The Morgan fingerprint density at radius 1 is 1.21 bits per heavy atom. The zero-order valence-corrected chi connectivity index (χ0v) is 20.4. The normalized spacial score (nSPS) is 14.8. The lowest BCUT2D eigenvalue weighted by atomic mass is 10.0. The van der Waals surface area contributed by atoms with Gasteiger partial charge >= 0.3 is 0 Å². The molecule has 33 heavy (non-hydrogen) atoms. The van der Waals surface area contributed by atoms with Gasteiger partial charge < -0.3 is 14.1 Å². The molecule has 1 aliphatic heterocycles. The minimum Gasteiger partial charge on any atom is -0.485 e. The number of hydrogen-bond donors (Lipinski definition) is 0. The number of benzene rings is 1. The molecule has 1 saturated heterocycles. The molecular weight excluding hydrogens is 440 g/mol. The van der Waals surface area contributed by atoms with E-state index < -0.39 is 0 Å². The van der Waals surface area contributed by atoms with Crippen LogP contribution in [0.5, 0.6) is 5.75 Å². The molecule has 0 N–H and O–H groups in total. The topological polar surface area (TPSA) is 63.7 Å². The molecule has 0 atom stereocenters. The summed E-state index contributed by atoms with van der Waals surface area (Å²) in [7, 11) is 1.92. The standard InChI is InChI=1S/C25H31ClN4O3/c1-17(2)21-12-22(26)18(3)11-24(21)32-16-20-5-6-23(33-20)25(31)30-9-7-29(8-10-30)15-19-13-27-28(4)14-19/h5-6,11-14,17H,7-10,15-16H2,1-4H3. The molecule has 0 saturated carbocycles. The predicted octanol–water partition coefficient (Wildman–Crippen LogP) is 4.64. The van der Waals surface area contributed by atoms with Crippen molar-refractivity contribution in [3.05, 3.63) is 69.9 Å². The third-order valence-electron chi connectivity index (χ3n) is 5.98. The largest absolute Gasteiger partial charge is 0.485 e. The molecule has 1 fully saturated rings. The van der Waals surface area contributed by atoms with Crippen LogP contribution in [0.15, 0.2) is 41.1 Å². The zero-order valence-electron chi connectivity index (χ0n) is 19.7. The average molecular weight is 471 g/mol. The molecule has 3 aromatic rings. The Kier molecular flexibility index (Phi) is 7.10. The Balaban J connectivity index is 1.32. The van der Waals surface area contributed by atoms with Gasteiger partial charge in [-0.3, -0.25) is 14.4 Å². The Hall–Kier alpha value is -2.77. The fraction of sp³-hybridized carbons (Fsp3) is 0.440. The Labute approximate surface area is 199 Å². The molecule has 7 nitrogen and oxygen atoms in total. The van der Waals surface area contributed by atoms with Crippen LogP contribution in [0.2, 0.25) is 5.02 Å². The van der Waals surface area contributed by atoms with Crippen molar-refractivity contribution < 1.29 is 13.9 Å². The van der Waals surface area contributed by atoms with Gasteiger partial charge in [0.15, 0.2) is 5.76 Å². The van der Waals surface area contributed by atoms with E-state index in [-0.39, 0.29) is 18.4 Å². The molecular formula is C25H31ClN4O3. The quantitative estimate of drug-likeness (QED) is 0.503. The van der Waals surface area contributed by atoms with E-state index in [2.05, 4.69) is 23.8 Å².